The largest absolute Gasteiger partial charge is 0.508 e. The molecule has 0 heterocycles. The van der Waals surface area contributed by atoms with E-state index in [0.717, 1.165) is 24.8 Å². The fourth-order valence-corrected chi connectivity index (χ4v) is 5.39. The quantitative estimate of drug-likeness (QED) is 0.0497. The summed E-state index contributed by atoms with van der Waals surface area (Å²) < 4.78 is 0. The van der Waals surface area contributed by atoms with Gasteiger partial charge in [0.2, 0.25) is 5.91 Å². The molecule has 0 aliphatic carbocycles. The average Bonchev–Trinajstić information content (AvgIpc) is 3.08. The van der Waals surface area contributed by atoms with Gasteiger partial charge in [-0.2, -0.15) is 0 Å². The highest BCUT2D eigenvalue weighted by molar-refractivity contribution is 5.98. The van der Waals surface area contributed by atoms with E-state index in [2.05, 4.69) is 29.4 Å². The summed E-state index contributed by atoms with van der Waals surface area (Å²) in [6.45, 7) is 2.79. The molecule has 250 valence electrons. The van der Waals surface area contributed by atoms with Crippen molar-refractivity contribution in [1.29, 1.82) is 0 Å². The van der Waals surface area contributed by atoms with E-state index in [1.807, 2.05) is 30.3 Å². The second kappa shape index (κ2) is 21.2. The van der Waals surface area contributed by atoms with Crippen LogP contribution in [-0.2, 0) is 11.2 Å². The Kier molecular flexibility index (Phi) is 16.6. The van der Waals surface area contributed by atoms with Crippen molar-refractivity contribution in [2.24, 2.45) is 0 Å². The lowest BCUT2D eigenvalue weighted by Gasteiger charge is -2.19. The molecule has 8 heteroatoms. The number of aryl methyl sites for hydroxylation is 1. The summed E-state index contributed by atoms with van der Waals surface area (Å²) in [5, 5.41) is 27.0. The summed E-state index contributed by atoms with van der Waals surface area (Å²) in [7, 11) is 0. The number of benzene rings is 3. The second-order valence-corrected chi connectivity index (χ2v) is 12.0. The molecule has 0 aromatic heterocycles. The van der Waals surface area contributed by atoms with Gasteiger partial charge in [-0.05, 0) is 61.2 Å². The van der Waals surface area contributed by atoms with Crippen LogP contribution in [0.5, 0.6) is 5.75 Å². The summed E-state index contributed by atoms with van der Waals surface area (Å²) >= 11 is 0. The lowest BCUT2D eigenvalue weighted by Crippen LogP contribution is -2.47. The smallest absolute Gasteiger partial charge is 0.284 e. The van der Waals surface area contributed by atoms with Gasteiger partial charge in [0.25, 0.3) is 11.6 Å². The molecule has 3 aromatic carbocycles. The first-order valence-electron chi connectivity index (χ1n) is 17.1. The molecule has 0 aliphatic heterocycles. The molecule has 0 fully saturated rings. The Morgan fingerprint density at radius 2 is 1.43 bits per heavy atom. The van der Waals surface area contributed by atoms with Crippen LogP contribution in [0.4, 0.5) is 5.69 Å². The maximum Gasteiger partial charge on any atom is 0.284 e. The molecule has 0 aliphatic rings. The number of hydrogen-bond donors (Lipinski definition) is 3. The van der Waals surface area contributed by atoms with Crippen molar-refractivity contribution in [2.75, 3.05) is 6.54 Å². The van der Waals surface area contributed by atoms with E-state index >= 15 is 0 Å². The third-order valence-electron chi connectivity index (χ3n) is 8.18. The molecule has 0 saturated heterocycles. The fraction of sp³-hybridized carbons (Fsp3) is 0.436. The first kappa shape index (κ1) is 36.8. The minimum absolute atomic E-state index is 0.0768. The summed E-state index contributed by atoms with van der Waals surface area (Å²) in [5.74, 6) is 4.96. The lowest BCUT2D eigenvalue weighted by atomic mass is 10.0. The summed E-state index contributed by atoms with van der Waals surface area (Å²) in [4.78, 5) is 37.8. The number of nitrogens with one attached hydrogen (secondary N) is 2. The third kappa shape index (κ3) is 14.1. The number of rotatable bonds is 20. The number of nitro groups is 1. The van der Waals surface area contributed by atoms with E-state index in [1.165, 1.54) is 88.1 Å². The molecule has 1 unspecified atom stereocenters. The Labute approximate surface area is 279 Å². The molecule has 3 N–H and O–H groups in total. The average molecular weight is 640 g/mol. The van der Waals surface area contributed by atoms with Gasteiger partial charge in [0.1, 0.15) is 17.4 Å². The maximum atomic E-state index is 13.4. The minimum atomic E-state index is -0.776. The van der Waals surface area contributed by atoms with E-state index in [0.29, 0.717) is 24.9 Å². The van der Waals surface area contributed by atoms with E-state index in [4.69, 9.17) is 0 Å². The van der Waals surface area contributed by atoms with Gasteiger partial charge in [-0.1, -0.05) is 120 Å². The predicted octanol–water partition coefficient (Wildman–Crippen LogP) is 8.25. The summed E-state index contributed by atoms with van der Waals surface area (Å²) in [5.41, 5.74) is 1.63. The van der Waals surface area contributed by atoms with Gasteiger partial charge in [-0.25, -0.2) is 0 Å². The van der Waals surface area contributed by atoms with Crippen molar-refractivity contribution >= 4 is 17.5 Å². The standard InChI is InChI=1S/C39H49N3O5/c1-2-3-4-5-6-7-8-9-10-11-12-16-29-40-39(45)36(27-22-31-17-14-13-15-18-31)41-38(44)34-24-28-37(42(46)47)33(30-34)23-19-32-20-25-35(43)26-21-32/h13-15,17-18,20-21,24-26,28,30,36,43H,2-12,16,22,27,29H2,1H3,(H,40,45)(H,41,44). The molecule has 8 nitrogen and oxygen atoms in total. The Balaban J connectivity index is 1.56. The topological polar surface area (TPSA) is 122 Å². The van der Waals surface area contributed by atoms with Crippen molar-refractivity contribution < 1.29 is 19.6 Å². The number of amides is 2. The van der Waals surface area contributed by atoms with Crippen molar-refractivity contribution in [3.63, 3.8) is 0 Å². The second-order valence-electron chi connectivity index (χ2n) is 12.0. The van der Waals surface area contributed by atoms with Crippen LogP contribution in [0, 0.1) is 22.0 Å². The fourth-order valence-electron chi connectivity index (χ4n) is 5.39. The first-order chi connectivity index (χ1) is 22.9. The highest BCUT2D eigenvalue weighted by atomic mass is 16.6. The molecular formula is C39H49N3O5. The van der Waals surface area contributed by atoms with E-state index in [1.54, 1.807) is 12.1 Å². The first-order valence-corrected chi connectivity index (χ1v) is 17.1. The SMILES string of the molecule is CCCCCCCCCCCCCCNC(=O)C(CCc1ccccc1)NC(=O)c1ccc([N+](=O)[O-])c(C#Cc2ccc(O)cc2)c1. The van der Waals surface area contributed by atoms with Crippen LogP contribution < -0.4 is 10.6 Å². The van der Waals surface area contributed by atoms with Crippen LogP contribution in [0.1, 0.15) is 117 Å². The Bertz CT molecular complexity index is 1460. The number of aromatic hydroxyl groups is 1. The van der Waals surface area contributed by atoms with Crippen LogP contribution in [0.3, 0.4) is 0 Å². The highest BCUT2D eigenvalue weighted by Crippen LogP contribution is 2.20. The van der Waals surface area contributed by atoms with Gasteiger partial charge in [0.05, 0.1) is 4.92 Å². The number of carbonyl (C=O) groups is 2. The Hall–Kier alpha value is -4.64. The van der Waals surface area contributed by atoms with E-state index in [9.17, 15) is 24.8 Å². The van der Waals surface area contributed by atoms with Crippen LogP contribution in [0.2, 0.25) is 0 Å². The normalized spacial score (nSPS) is 11.3. The molecule has 0 spiro atoms. The van der Waals surface area contributed by atoms with Crippen LogP contribution in [-0.4, -0.2) is 34.4 Å². The summed E-state index contributed by atoms with van der Waals surface area (Å²) in [6.07, 6.45) is 15.9. The van der Waals surface area contributed by atoms with Gasteiger partial charge >= 0.3 is 0 Å². The molecule has 47 heavy (non-hydrogen) atoms. The number of phenols is 1. The van der Waals surface area contributed by atoms with Crippen molar-refractivity contribution in [3.05, 3.63) is 105 Å². The molecule has 1 atom stereocenters. The number of nitrogens with zero attached hydrogens (tertiary/aromatic N) is 1. The Morgan fingerprint density at radius 1 is 0.809 bits per heavy atom. The highest BCUT2D eigenvalue weighted by Gasteiger charge is 2.23. The van der Waals surface area contributed by atoms with Crippen LogP contribution in [0.25, 0.3) is 0 Å². The van der Waals surface area contributed by atoms with Crippen molar-refractivity contribution in [1.82, 2.24) is 10.6 Å². The van der Waals surface area contributed by atoms with E-state index in [-0.39, 0.29) is 28.5 Å². The molecule has 0 bridgehead atoms. The maximum absolute atomic E-state index is 13.4. The molecule has 0 radical (unpaired) electrons. The lowest BCUT2D eigenvalue weighted by molar-refractivity contribution is -0.385. The number of carbonyl (C=O) groups excluding carboxylic acids is 2. The van der Waals surface area contributed by atoms with Gasteiger partial charge in [0, 0.05) is 23.7 Å². The number of hydrogen-bond acceptors (Lipinski definition) is 5. The number of phenolic OH excluding ortho intramolecular Hbond substituents is 1. The number of unbranched alkanes of at least 4 members (excludes halogenated alkanes) is 11. The zero-order valence-electron chi connectivity index (χ0n) is 27.6. The predicted molar refractivity (Wildman–Crippen MR) is 187 cm³/mol. The molecule has 3 rings (SSSR count). The van der Waals surface area contributed by atoms with Gasteiger partial charge in [-0.3, -0.25) is 19.7 Å². The van der Waals surface area contributed by atoms with Gasteiger partial charge < -0.3 is 15.7 Å². The zero-order valence-corrected chi connectivity index (χ0v) is 27.6. The summed E-state index contributed by atoms with van der Waals surface area (Å²) in [6, 6.07) is 19.1. The monoisotopic (exact) mass is 639 g/mol. The minimum Gasteiger partial charge on any atom is -0.508 e. The van der Waals surface area contributed by atoms with E-state index < -0.39 is 16.9 Å². The number of nitro benzene ring substituents is 1. The van der Waals surface area contributed by atoms with Crippen LogP contribution in [0.15, 0.2) is 72.8 Å². The van der Waals surface area contributed by atoms with Crippen molar-refractivity contribution in [3.8, 4) is 17.6 Å². The van der Waals surface area contributed by atoms with Crippen molar-refractivity contribution in [2.45, 2.75) is 103 Å². The molecular weight excluding hydrogens is 590 g/mol. The molecule has 3 aromatic rings. The van der Waals surface area contributed by atoms with Crippen LogP contribution >= 0.6 is 0 Å². The molecule has 2 amide bonds. The molecule has 0 saturated carbocycles. The Morgan fingerprint density at radius 3 is 2.04 bits per heavy atom. The van der Waals surface area contributed by atoms with Gasteiger partial charge in [-0.15, -0.1) is 0 Å². The van der Waals surface area contributed by atoms with Gasteiger partial charge in [0.15, 0.2) is 0 Å². The third-order valence-corrected chi connectivity index (χ3v) is 8.18. The zero-order chi connectivity index (χ0) is 33.7.